The molecule has 1 unspecified atom stereocenters. The summed E-state index contributed by atoms with van der Waals surface area (Å²) >= 11 is 0. The van der Waals surface area contributed by atoms with Crippen LogP contribution in [0, 0.1) is 6.92 Å². The van der Waals surface area contributed by atoms with Gasteiger partial charge in [-0.3, -0.25) is 0 Å². The first-order chi connectivity index (χ1) is 9.65. The Kier molecular flexibility index (Phi) is 4.66. The molecule has 1 atom stereocenters. The third kappa shape index (κ3) is 4.05. The van der Waals surface area contributed by atoms with E-state index in [9.17, 15) is 4.79 Å². The van der Waals surface area contributed by atoms with Crippen LogP contribution in [0.3, 0.4) is 0 Å². The van der Waals surface area contributed by atoms with E-state index in [0.29, 0.717) is 5.69 Å². The standard InChI is InChI=1S/C17H17NO2/c1-13-6-9-15(10-7-13)11-8-14(2)20-17(19)16-5-3-4-12-18-16/h3-12,14H,1-2H3/b11-8+. The third-order valence-electron chi connectivity index (χ3n) is 2.80. The molecule has 1 heterocycles. The summed E-state index contributed by atoms with van der Waals surface area (Å²) in [5, 5.41) is 0. The lowest BCUT2D eigenvalue weighted by molar-refractivity contribution is 0.0419. The van der Waals surface area contributed by atoms with Crippen LogP contribution in [0.1, 0.15) is 28.5 Å². The number of benzene rings is 1. The third-order valence-corrected chi connectivity index (χ3v) is 2.80. The Bertz CT molecular complexity index is 588. The Morgan fingerprint density at radius 3 is 2.60 bits per heavy atom. The van der Waals surface area contributed by atoms with Crippen molar-refractivity contribution in [3.8, 4) is 0 Å². The minimum Gasteiger partial charge on any atom is -0.454 e. The van der Waals surface area contributed by atoms with Crippen LogP contribution in [0.15, 0.2) is 54.7 Å². The predicted molar refractivity (Wildman–Crippen MR) is 79.3 cm³/mol. The van der Waals surface area contributed by atoms with Crippen molar-refractivity contribution in [2.75, 3.05) is 0 Å². The fourth-order valence-corrected chi connectivity index (χ4v) is 1.68. The number of rotatable bonds is 4. The minimum atomic E-state index is -0.411. The average Bonchev–Trinajstić information content (AvgIpc) is 2.47. The van der Waals surface area contributed by atoms with Crippen molar-refractivity contribution in [1.29, 1.82) is 0 Å². The van der Waals surface area contributed by atoms with Crippen LogP contribution in [-0.2, 0) is 4.74 Å². The highest BCUT2D eigenvalue weighted by Crippen LogP contribution is 2.07. The van der Waals surface area contributed by atoms with Crippen LogP contribution >= 0.6 is 0 Å². The number of pyridine rings is 1. The SMILES string of the molecule is Cc1ccc(/C=C/C(C)OC(=O)c2ccccn2)cc1. The van der Waals surface area contributed by atoms with Gasteiger partial charge in [-0.05, 0) is 37.6 Å². The molecule has 2 aromatic rings. The lowest BCUT2D eigenvalue weighted by Crippen LogP contribution is -2.13. The summed E-state index contributed by atoms with van der Waals surface area (Å²) in [7, 11) is 0. The Balaban J connectivity index is 1.94. The van der Waals surface area contributed by atoms with Gasteiger partial charge in [-0.25, -0.2) is 9.78 Å². The highest BCUT2D eigenvalue weighted by Gasteiger charge is 2.10. The van der Waals surface area contributed by atoms with Crippen LogP contribution in [0.5, 0.6) is 0 Å². The van der Waals surface area contributed by atoms with Gasteiger partial charge in [0, 0.05) is 6.20 Å². The number of esters is 1. The molecule has 102 valence electrons. The fourth-order valence-electron chi connectivity index (χ4n) is 1.68. The molecule has 0 saturated carbocycles. The van der Waals surface area contributed by atoms with E-state index in [1.54, 1.807) is 24.4 Å². The molecule has 3 heteroatoms. The van der Waals surface area contributed by atoms with Gasteiger partial charge in [-0.2, -0.15) is 0 Å². The van der Waals surface area contributed by atoms with Crippen LogP contribution in [0.4, 0.5) is 0 Å². The summed E-state index contributed by atoms with van der Waals surface area (Å²) < 4.78 is 5.29. The van der Waals surface area contributed by atoms with Gasteiger partial charge < -0.3 is 4.74 Å². The Hall–Kier alpha value is -2.42. The first-order valence-electron chi connectivity index (χ1n) is 6.52. The summed E-state index contributed by atoms with van der Waals surface area (Å²) in [5.41, 5.74) is 2.62. The maximum atomic E-state index is 11.8. The van der Waals surface area contributed by atoms with Gasteiger partial charge >= 0.3 is 5.97 Å². The first-order valence-corrected chi connectivity index (χ1v) is 6.52. The molecule has 0 aliphatic heterocycles. The van der Waals surface area contributed by atoms with Crippen molar-refractivity contribution in [3.05, 3.63) is 71.6 Å². The summed E-state index contributed by atoms with van der Waals surface area (Å²) in [5.74, 6) is -0.411. The van der Waals surface area contributed by atoms with Gasteiger partial charge in [0.25, 0.3) is 0 Å². The van der Waals surface area contributed by atoms with Crippen molar-refractivity contribution < 1.29 is 9.53 Å². The molecule has 20 heavy (non-hydrogen) atoms. The van der Waals surface area contributed by atoms with Gasteiger partial charge in [-0.1, -0.05) is 42.0 Å². The molecule has 0 fully saturated rings. The zero-order valence-corrected chi connectivity index (χ0v) is 11.6. The number of hydrogen-bond acceptors (Lipinski definition) is 3. The number of carbonyl (C=O) groups excluding carboxylic acids is 1. The largest absolute Gasteiger partial charge is 0.454 e. The summed E-state index contributed by atoms with van der Waals surface area (Å²) in [6, 6.07) is 13.3. The second-order valence-corrected chi connectivity index (χ2v) is 4.60. The Morgan fingerprint density at radius 1 is 1.20 bits per heavy atom. The second kappa shape index (κ2) is 6.66. The molecule has 0 amide bonds. The molecule has 2 rings (SSSR count). The highest BCUT2D eigenvalue weighted by molar-refractivity contribution is 5.87. The van der Waals surface area contributed by atoms with Crippen molar-refractivity contribution in [1.82, 2.24) is 4.98 Å². The number of aryl methyl sites for hydroxylation is 1. The maximum Gasteiger partial charge on any atom is 0.357 e. The smallest absolute Gasteiger partial charge is 0.357 e. The van der Waals surface area contributed by atoms with Gasteiger partial charge in [-0.15, -0.1) is 0 Å². The van der Waals surface area contributed by atoms with Gasteiger partial charge in [0.15, 0.2) is 0 Å². The van der Waals surface area contributed by atoms with Crippen molar-refractivity contribution in [2.24, 2.45) is 0 Å². The maximum absolute atomic E-state index is 11.8. The summed E-state index contributed by atoms with van der Waals surface area (Å²) in [6.07, 6.45) is 5.07. The number of nitrogens with zero attached hydrogens (tertiary/aromatic N) is 1. The normalized spacial score (nSPS) is 12.3. The number of aromatic nitrogens is 1. The predicted octanol–water partition coefficient (Wildman–Crippen LogP) is 3.65. The van der Waals surface area contributed by atoms with Crippen LogP contribution in [0.25, 0.3) is 6.08 Å². The Morgan fingerprint density at radius 2 is 1.95 bits per heavy atom. The molecular formula is C17H17NO2. The highest BCUT2D eigenvalue weighted by atomic mass is 16.5. The van der Waals surface area contributed by atoms with Gasteiger partial charge in [0.2, 0.25) is 0 Å². The molecule has 3 nitrogen and oxygen atoms in total. The van der Waals surface area contributed by atoms with E-state index in [1.807, 2.05) is 50.3 Å². The lowest BCUT2D eigenvalue weighted by Gasteiger charge is -2.08. The Labute approximate surface area is 118 Å². The van der Waals surface area contributed by atoms with Gasteiger partial charge in [0.1, 0.15) is 11.8 Å². The van der Waals surface area contributed by atoms with Crippen LogP contribution in [-0.4, -0.2) is 17.1 Å². The topological polar surface area (TPSA) is 39.2 Å². The van der Waals surface area contributed by atoms with Crippen molar-refractivity contribution >= 4 is 12.0 Å². The average molecular weight is 267 g/mol. The van der Waals surface area contributed by atoms with Crippen molar-refractivity contribution in [3.63, 3.8) is 0 Å². The molecule has 0 N–H and O–H groups in total. The molecule has 1 aromatic carbocycles. The summed E-state index contributed by atoms with van der Waals surface area (Å²) in [6.45, 7) is 3.87. The molecule has 1 aromatic heterocycles. The monoisotopic (exact) mass is 267 g/mol. The van der Waals surface area contributed by atoms with E-state index < -0.39 is 5.97 Å². The minimum absolute atomic E-state index is 0.300. The zero-order valence-electron chi connectivity index (χ0n) is 11.6. The molecular weight excluding hydrogens is 250 g/mol. The molecule has 0 aliphatic rings. The first kappa shape index (κ1) is 14.0. The van der Waals surface area contributed by atoms with E-state index in [2.05, 4.69) is 4.98 Å². The molecule has 0 radical (unpaired) electrons. The molecule has 0 aliphatic carbocycles. The number of ether oxygens (including phenoxy) is 1. The number of hydrogen-bond donors (Lipinski definition) is 0. The lowest BCUT2D eigenvalue weighted by atomic mass is 10.1. The fraction of sp³-hybridized carbons (Fsp3) is 0.176. The molecule has 0 bridgehead atoms. The molecule has 0 saturated heterocycles. The van der Waals surface area contributed by atoms with Gasteiger partial charge in [0.05, 0.1) is 0 Å². The zero-order chi connectivity index (χ0) is 14.4. The summed E-state index contributed by atoms with van der Waals surface area (Å²) in [4.78, 5) is 15.8. The van der Waals surface area contributed by atoms with Crippen LogP contribution < -0.4 is 0 Å². The van der Waals surface area contributed by atoms with Crippen molar-refractivity contribution in [2.45, 2.75) is 20.0 Å². The molecule has 0 spiro atoms. The van der Waals surface area contributed by atoms with E-state index in [4.69, 9.17) is 4.74 Å². The van der Waals surface area contributed by atoms with Crippen LogP contribution in [0.2, 0.25) is 0 Å². The van der Waals surface area contributed by atoms with E-state index in [0.717, 1.165) is 5.56 Å². The quantitative estimate of drug-likeness (QED) is 0.794. The van der Waals surface area contributed by atoms with E-state index >= 15 is 0 Å². The van der Waals surface area contributed by atoms with E-state index in [-0.39, 0.29) is 6.10 Å². The number of carbonyl (C=O) groups is 1. The second-order valence-electron chi connectivity index (χ2n) is 4.60. The van der Waals surface area contributed by atoms with E-state index in [1.165, 1.54) is 5.56 Å².